The number of carbonyl (C=O) groups excluding carboxylic acids is 2. The fraction of sp³-hybridized carbons (Fsp3) is 0.615. The number of methoxy groups -OCH3 is 1. The number of benzene rings is 2. The van der Waals surface area contributed by atoms with Crippen LogP contribution in [0.2, 0.25) is 0 Å². The van der Waals surface area contributed by atoms with Crippen LogP contribution in [0.25, 0.3) is 11.1 Å². The van der Waals surface area contributed by atoms with E-state index in [-0.39, 0.29) is 36.4 Å². The van der Waals surface area contributed by atoms with Gasteiger partial charge in [0.2, 0.25) is 5.91 Å². The molecule has 1 saturated heterocycles. The van der Waals surface area contributed by atoms with Crippen molar-refractivity contribution in [3.8, 4) is 16.9 Å². The van der Waals surface area contributed by atoms with Crippen molar-refractivity contribution in [3.63, 3.8) is 0 Å². The Balaban J connectivity index is 1.26. The van der Waals surface area contributed by atoms with Crippen LogP contribution in [0.15, 0.2) is 41.4 Å². The number of nitrogens with zero attached hydrogens (tertiary/aromatic N) is 3. The van der Waals surface area contributed by atoms with Crippen molar-refractivity contribution in [2.24, 2.45) is 34.1 Å². The molecule has 0 aromatic heterocycles. The predicted molar refractivity (Wildman–Crippen MR) is 198 cm³/mol. The molecule has 3 saturated carbocycles. The van der Waals surface area contributed by atoms with Gasteiger partial charge in [-0.25, -0.2) is 0 Å². The van der Waals surface area contributed by atoms with E-state index >= 15 is 0 Å². The Bertz CT molecular complexity index is 1630. The Morgan fingerprint density at radius 1 is 1.22 bits per heavy atom. The lowest BCUT2D eigenvalue weighted by Crippen LogP contribution is -2.62. The fourth-order valence-electron chi connectivity index (χ4n) is 9.00. The van der Waals surface area contributed by atoms with Gasteiger partial charge in [-0.3, -0.25) is 24.7 Å². The van der Waals surface area contributed by atoms with Gasteiger partial charge in [0.15, 0.2) is 0 Å². The third-order valence-electron chi connectivity index (χ3n) is 12.1. The van der Waals surface area contributed by atoms with E-state index in [2.05, 4.69) is 41.7 Å². The van der Waals surface area contributed by atoms with Gasteiger partial charge in [-0.2, -0.15) is 5.06 Å². The van der Waals surface area contributed by atoms with Crippen molar-refractivity contribution in [1.82, 2.24) is 21.0 Å². The highest BCUT2D eigenvalue weighted by Gasteiger charge is 2.57. The first-order chi connectivity index (χ1) is 24.3. The van der Waals surface area contributed by atoms with Crippen molar-refractivity contribution in [1.29, 1.82) is 0 Å². The number of rotatable bonds is 13. The van der Waals surface area contributed by atoms with Gasteiger partial charge in [0, 0.05) is 73.7 Å². The SMILES string of the molecule is COc1c(CN2O[C@@H](CO)[C@@H]([C@H](C)O)[C@H]2C(=O)N[C@H]2C[C@H]3C[C@@H]([C@@H]2C)C3(C)C)cccc1-c1cc(C(=O)NCCC2=NCNC2)cc(N(C)C)c1. The maximum Gasteiger partial charge on any atom is 0.251 e. The summed E-state index contributed by atoms with van der Waals surface area (Å²) in [5.41, 5.74) is 5.06. The number of aliphatic hydroxyl groups is 2. The molecule has 2 bridgehead atoms. The molecule has 3 aliphatic carbocycles. The molecule has 0 spiro atoms. The number of anilines is 1. The topological polar surface area (TPSA) is 148 Å². The van der Waals surface area contributed by atoms with Crippen molar-refractivity contribution in [2.45, 2.75) is 77.8 Å². The summed E-state index contributed by atoms with van der Waals surface area (Å²) in [5, 5.41) is 32.4. The summed E-state index contributed by atoms with van der Waals surface area (Å²) >= 11 is 0. The zero-order valence-corrected chi connectivity index (χ0v) is 31.1. The van der Waals surface area contributed by atoms with Gasteiger partial charge in [-0.1, -0.05) is 39.0 Å². The minimum Gasteiger partial charge on any atom is -0.496 e. The number of aliphatic imine (C=N–C) groups is 1. The van der Waals surface area contributed by atoms with E-state index in [0.29, 0.717) is 48.7 Å². The summed E-state index contributed by atoms with van der Waals surface area (Å²) < 4.78 is 6.04. The van der Waals surface area contributed by atoms with Crippen LogP contribution in [-0.4, -0.2) is 105 Å². The molecular formula is C39H56N6O6. The molecule has 2 aromatic carbocycles. The van der Waals surface area contributed by atoms with E-state index in [9.17, 15) is 19.8 Å². The van der Waals surface area contributed by atoms with Gasteiger partial charge in [-0.15, -0.1) is 0 Å². The standard InChI is InChI=1S/C39H56N6O6/c1-22-31-16-27(39(31,3)4)17-32(22)43-38(49)35-34(23(2)47)33(20-46)51-45(35)19-24-9-8-10-30(36(24)50-7)25-13-26(15-29(14-25)44(5)6)37(48)41-12-11-28-18-40-21-42-28/h8-10,13-15,22-23,27,31-35,40,46-47H,11-12,16-21H2,1-7H3,(H,41,48)(H,43,49)/t22-,23-,27+,31-,32-,33-,34+,35-/m0/s1. The zero-order valence-electron chi connectivity index (χ0n) is 31.1. The Morgan fingerprint density at radius 3 is 2.63 bits per heavy atom. The average molecular weight is 705 g/mol. The number of fused-ring (bicyclic) bond motifs is 2. The van der Waals surface area contributed by atoms with Crippen LogP contribution in [0.5, 0.6) is 5.75 Å². The second kappa shape index (κ2) is 15.2. The van der Waals surface area contributed by atoms with Crippen molar-refractivity contribution in [2.75, 3.05) is 52.5 Å². The molecule has 51 heavy (non-hydrogen) atoms. The second-order valence-corrected chi connectivity index (χ2v) is 15.7. The highest BCUT2D eigenvalue weighted by molar-refractivity contribution is 5.97. The summed E-state index contributed by atoms with van der Waals surface area (Å²) in [4.78, 5) is 40.2. The Morgan fingerprint density at radius 2 is 2.00 bits per heavy atom. The van der Waals surface area contributed by atoms with E-state index in [1.165, 1.54) is 6.42 Å². The molecule has 8 atom stereocenters. The number of hydrogen-bond acceptors (Lipinski definition) is 10. The predicted octanol–water partition coefficient (Wildman–Crippen LogP) is 3.21. The third-order valence-corrected chi connectivity index (χ3v) is 12.1. The zero-order chi connectivity index (χ0) is 36.6. The molecule has 5 N–H and O–H groups in total. The molecule has 2 amide bonds. The molecule has 278 valence electrons. The summed E-state index contributed by atoms with van der Waals surface area (Å²) in [6, 6.07) is 10.8. The first-order valence-corrected chi connectivity index (χ1v) is 18.4. The Hall–Kier alpha value is -3.55. The summed E-state index contributed by atoms with van der Waals surface area (Å²) in [6.45, 7) is 10.3. The largest absolute Gasteiger partial charge is 0.496 e. The van der Waals surface area contributed by atoms with Crippen molar-refractivity contribution in [3.05, 3.63) is 47.5 Å². The molecule has 0 unspecified atom stereocenters. The van der Waals surface area contributed by atoms with Crippen molar-refractivity contribution < 1.29 is 29.4 Å². The monoisotopic (exact) mass is 704 g/mol. The third kappa shape index (κ3) is 7.39. The van der Waals surface area contributed by atoms with Crippen LogP contribution >= 0.6 is 0 Å². The van der Waals surface area contributed by atoms with Gasteiger partial charge < -0.3 is 30.5 Å². The Labute approximate surface area is 301 Å². The average Bonchev–Trinajstić information content (AvgIpc) is 3.76. The van der Waals surface area contributed by atoms with E-state index in [4.69, 9.17) is 9.57 Å². The van der Waals surface area contributed by atoms with Gasteiger partial charge in [0.1, 0.15) is 17.9 Å². The maximum absolute atomic E-state index is 14.2. The number of nitrogens with one attached hydrogen (secondary N) is 3. The fourth-order valence-corrected chi connectivity index (χ4v) is 9.00. The molecule has 2 aromatic rings. The number of ether oxygens (including phenoxy) is 1. The molecule has 2 heterocycles. The van der Waals surface area contributed by atoms with Gasteiger partial charge in [-0.05, 0) is 66.7 Å². The highest BCUT2D eigenvalue weighted by atomic mass is 16.7. The van der Waals surface area contributed by atoms with Crippen LogP contribution in [0.1, 0.15) is 62.9 Å². The van der Waals surface area contributed by atoms with Gasteiger partial charge in [0.05, 0.1) is 33.0 Å². The molecule has 2 aliphatic heterocycles. The van der Waals surface area contributed by atoms with Crippen LogP contribution in [0.4, 0.5) is 5.69 Å². The molecule has 12 heteroatoms. The molecule has 7 rings (SSSR count). The number of carbonyl (C=O) groups is 2. The number of amides is 2. The van der Waals surface area contributed by atoms with Gasteiger partial charge >= 0.3 is 0 Å². The van der Waals surface area contributed by atoms with Crippen molar-refractivity contribution >= 4 is 23.2 Å². The molecule has 12 nitrogen and oxygen atoms in total. The number of aliphatic hydroxyl groups excluding tert-OH is 2. The first-order valence-electron chi connectivity index (χ1n) is 18.4. The molecule has 4 fully saturated rings. The molecular weight excluding hydrogens is 648 g/mol. The van der Waals surface area contributed by atoms with Crippen LogP contribution in [0, 0.1) is 29.1 Å². The molecule has 0 radical (unpaired) electrons. The quantitative estimate of drug-likeness (QED) is 0.212. The maximum atomic E-state index is 14.2. The van der Waals surface area contributed by atoms with E-state index in [0.717, 1.165) is 41.1 Å². The second-order valence-electron chi connectivity index (χ2n) is 15.7. The highest BCUT2D eigenvalue weighted by Crippen LogP contribution is 2.61. The lowest BCUT2D eigenvalue weighted by atomic mass is 9.45. The minimum atomic E-state index is -0.895. The van der Waals surface area contributed by atoms with E-state index in [1.54, 1.807) is 19.1 Å². The minimum absolute atomic E-state index is 0.0423. The van der Waals surface area contributed by atoms with Crippen LogP contribution in [-0.2, 0) is 16.2 Å². The van der Waals surface area contributed by atoms with E-state index in [1.807, 2.05) is 55.4 Å². The lowest BCUT2D eigenvalue weighted by molar-refractivity contribution is -0.183. The lowest BCUT2D eigenvalue weighted by Gasteiger charge is -2.62. The summed E-state index contributed by atoms with van der Waals surface area (Å²) in [5.74, 6) is 1.05. The normalized spacial score (nSPS) is 28.8. The number of hydrogen-bond donors (Lipinski definition) is 5. The summed E-state index contributed by atoms with van der Waals surface area (Å²) in [6.07, 6.45) is 1.18. The van der Waals surface area contributed by atoms with Crippen LogP contribution < -0.4 is 25.6 Å². The van der Waals surface area contributed by atoms with Crippen LogP contribution in [0.3, 0.4) is 0 Å². The summed E-state index contributed by atoms with van der Waals surface area (Å²) in [7, 11) is 5.47. The van der Waals surface area contributed by atoms with Gasteiger partial charge in [0.25, 0.3) is 5.91 Å². The smallest absolute Gasteiger partial charge is 0.251 e. The molecule has 5 aliphatic rings. The Kier molecular flexibility index (Phi) is 11.1. The number of hydroxylamine groups is 2. The number of para-hydroxylation sites is 1. The first kappa shape index (κ1) is 37.2. The van der Waals surface area contributed by atoms with E-state index < -0.39 is 24.2 Å².